The van der Waals surface area contributed by atoms with Crippen LogP contribution in [-0.4, -0.2) is 12.4 Å². The molecule has 0 bridgehead atoms. The summed E-state index contributed by atoms with van der Waals surface area (Å²) in [5, 5.41) is 1.78. The Labute approximate surface area is 223 Å². The fraction of sp³-hybridized carbons (Fsp3) is 0.281. The summed E-state index contributed by atoms with van der Waals surface area (Å²) in [6, 6.07) is 24.8. The first kappa shape index (κ1) is 23.6. The molecule has 0 saturated carbocycles. The molecule has 4 heteroatoms. The molecule has 2 nitrogen and oxygen atoms in total. The van der Waals surface area contributed by atoms with Crippen LogP contribution in [0.5, 0.6) is 0 Å². The molecule has 2 unspecified atom stereocenters. The molecule has 6 rings (SSSR count). The lowest BCUT2D eigenvalue weighted by Crippen LogP contribution is -2.29. The van der Waals surface area contributed by atoms with E-state index in [1.54, 1.807) is 5.57 Å². The van der Waals surface area contributed by atoms with Crippen molar-refractivity contribution in [3.05, 3.63) is 106 Å². The van der Waals surface area contributed by atoms with Crippen LogP contribution in [0.2, 0.25) is 0 Å². The molecule has 0 saturated heterocycles. The lowest BCUT2D eigenvalue weighted by molar-refractivity contribution is -0.642. The average molecular weight is 510 g/mol. The van der Waals surface area contributed by atoms with Gasteiger partial charge in [-0.15, -0.1) is 0 Å². The molecule has 1 aliphatic heterocycles. The van der Waals surface area contributed by atoms with Crippen LogP contribution < -0.4 is 9.47 Å². The van der Waals surface area contributed by atoms with E-state index in [4.69, 9.17) is 0 Å². The van der Waals surface area contributed by atoms with Gasteiger partial charge in [0.05, 0.1) is 11.1 Å². The molecular formula is C32H33N2S2+. The van der Waals surface area contributed by atoms with Gasteiger partial charge >= 0.3 is 0 Å². The van der Waals surface area contributed by atoms with Gasteiger partial charge in [-0.3, -0.25) is 0 Å². The van der Waals surface area contributed by atoms with Crippen molar-refractivity contribution in [1.82, 2.24) is 0 Å². The van der Waals surface area contributed by atoms with E-state index in [2.05, 4.69) is 116 Å². The van der Waals surface area contributed by atoms with E-state index in [0.717, 1.165) is 19.3 Å². The van der Waals surface area contributed by atoms with Crippen molar-refractivity contribution in [3.63, 3.8) is 0 Å². The highest BCUT2D eigenvalue weighted by molar-refractivity contribution is 8.00. The summed E-state index contributed by atoms with van der Waals surface area (Å²) in [5.74, 6) is 0.528. The second-order valence-electron chi connectivity index (χ2n) is 10.4. The number of fused-ring (bicyclic) bond motifs is 2. The number of rotatable bonds is 4. The van der Waals surface area contributed by atoms with E-state index >= 15 is 0 Å². The van der Waals surface area contributed by atoms with Gasteiger partial charge in [0.2, 0.25) is 5.52 Å². The summed E-state index contributed by atoms with van der Waals surface area (Å²) in [7, 11) is 4.46. The highest BCUT2D eigenvalue weighted by Gasteiger charge is 2.30. The number of thioether (sulfide) groups is 1. The van der Waals surface area contributed by atoms with Crippen molar-refractivity contribution < 1.29 is 4.57 Å². The maximum atomic E-state index is 2.51. The predicted octanol–water partition coefficient (Wildman–Crippen LogP) is 8.19. The largest absolute Gasteiger partial charge is 0.361 e. The molecule has 0 radical (unpaired) electrons. The van der Waals surface area contributed by atoms with Gasteiger partial charge in [-0.1, -0.05) is 77.2 Å². The second-order valence-corrected chi connectivity index (χ2v) is 12.6. The number of allylic oxidation sites excluding steroid dienone is 2. The van der Waals surface area contributed by atoms with Crippen molar-refractivity contribution in [2.24, 2.45) is 7.05 Å². The quantitative estimate of drug-likeness (QED) is 0.256. The highest BCUT2D eigenvalue weighted by atomic mass is 32.2. The summed E-state index contributed by atoms with van der Waals surface area (Å²) < 4.78 is 3.71. The molecule has 0 spiro atoms. The number of anilines is 1. The summed E-state index contributed by atoms with van der Waals surface area (Å²) in [5.41, 5.74) is 9.81. The van der Waals surface area contributed by atoms with Crippen molar-refractivity contribution >= 4 is 45.1 Å². The van der Waals surface area contributed by atoms with Crippen LogP contribution in [0.3, 0.4) is 0 Å². The smallest absolute Gasteiger partial charge is 0.262 e. The van der Waals surface area contributed by atoms with E-state index in [1.807, 2.05) is 23.1 Å². The zero-order chi connectivity index (χ0) is 24.8. The molecule has 1 aromatic heterocycles. The van der Waals surface area contributed by atoms with Crippen LogP contribution in [0.15, 0.2) is 88.8 Å². The van der Waals surface area contributed by atoms with Crippen molar-refractivity contribution in [2.75, 3.05) is 11.9 Å². The van der Waals surface area contributed by atoms with Crippen LogP contribution in [0, 0.1) is 13.8 Å². The van der Waals surface area contributed by atoms with E-state index in [9.17, 15) is 0 Å². The molecule has 0 fully saturated rings. The molecule has 3 aromatic carbocycles. The van der Waals surface area contributed by atoms with Gasteiger partial charge in [0.1, 0.15) is 11.7 Å². The fourth-order valence-corrected chi connectivity index (χ4v) is 8.29. The zero-order valence-electron chi connectivity index (χ0n) is 21.5. The van der Waals surface area contributed by atoms with Gasteiger partial charge in [0.25, 0.3) is 5.01 Å². The number of aromatic nitrogens is 1. The minimum absolute atomic E-state index is 0.451. The lowest BCUT2D eigenvalue weighted by atomic mass is 9.80. The average Bonchev–Trinajstić information content (AvgIpc) is 3.34. The summed E-state index contributed by atoms with van der Waals surface area (Å²) in [6.07, 6.45) is 8.27. The molecule has 2 aliphatic rings. The normalized spacial score (nSPS) is 20.7. The third-order valence-corrected chi connectivity index (χ3v) is 10.1. The Bertz CT molecular complexity index is 1500. The summed E-state index contributed by atoms with van der Waals surface area (Å²) in [6.45, 7) is 4.37. The number of hydrogen-bond acceptors (Lipinski definition) is 3. The Morgan fingerprint density at radius 2 is 1.75 bits per heavy atom. The molecule has 2 atom stereocenters. The monoisotopic (exact) mass is 509 g/mol. The van der Waals surface area contributed by atoms with Crippen molar-refractivity contribution in [3.8, 4) is 0 Å². The maximum Gasteiger partial charge on any atom is 0.262 e. The number of benzene rings is 3. The van der Waals surface area contributed by atoms with Gasteiger partial charge in [0, 0.05) is 24.1 Å². The molecule has 182 valence electrons. The van der Waals surface area contributed by atoms with Crippen LogP contribution in [0.4, 0.5) is 5.69 Å². The Hall–Kier alpha value is -2.82. The van der Waals surface area contributed by atoms with Gasteiger partial charge < -0.3 is 4.90 Å². The first-order chi connectivity index (χ1) is 17.4. The summed E-state index contributed by atoms with van der Waals surface area (Å²) >= 11 is 3.93. The molecular weight excluding hydrogens is 477 g/mol. The van der Waals surface area contributed by atoms with E-state index < -0.39 is 0 Å². The molecule has 1 aliphatic carbocycles. The van der Waals surface area contributed by atoms with Crippen LogP contribution >= 0.6 is 23.1 Å². The van der Waals surface area contributed by atoms with Crippen LogP contribution in [0.1, 0.15) is 46.9 Å². The second kappa shape index (κ2) is 9.57. The highest BCUT2D eigenvalue weighted by Crippen LogP contribution is 2.47. The third-order valence-electron chi connectivity index (χ3n) is 7.61. The molecule has 2 heterocycles. The minimum Gasteiger partial charge on any atom is -0.361 e. The summed E-state index contributed by atoms with van der Waals surface area (Å²) in [4.78, 5) is 3.89. The number of thiazole rings is 1. The van der Waals surface area contributed by atoms with Crippen LogP contribution in [-0.2, 0) is 7.05 Å². The van der Waals surface area contributed by atoms with E-state index in [1.165, 1.54) is 48.1 Å². The Balaban J connectivity index is 1.34. The first-order valence-corrected chi connectivity index (χ1v) is 14.5. The zero-order valence-corrected chi connectivity index (χ0v) is 23.1. The minimum atomic E-state index is 0.451. The number of nitrogens with zero attached hydrogens (tertiary/aromatic N) is 2. The maximum absolute atomic E-state index is 2.51. The van der Waals surface area contributed by atoms with Crippen molar-refractivity contribution in [1.29, 1.82) is 0 Å². The first-order valence-electron chi connectivity index (χ1n) is 12.8. The predicted molar refractivity (Wildman–Crippen MR) is 156 cm³/mol. The van der Waals surface area contributed by atoms with Crippen molar-refractivity contribution in [2.45, 2.75) is 49.3 Å². The topological polar surface area (TPSA) is 7.12 Å². The van der Waals surface area contributed by atoms with E-state index in [0.29, 0.717) is 11.3 Å². The van der Waals surface area contributed by atoms with Gasteiger partial charge in [-0.2, -0.15) is 4.57 Å². The lowest BCUT2D eigenvalue weighted by Gasteiger charge is -2.28. The molecule has 36 heavy (non-hydrogen) atoms. The molecule has 0 N–H and O–H groups in total. The third kappa shape index (κ3) is 4.53. The van der Waals surface area contributed by atoms with E-state index in [-0.39, 0.29) is 0 Å². The Morgan fingerprint density at radius 3 is 2.58 bits per heavy atom. The number of hydrogen-bond donors (Lipinski definition) is 0. The molecule has 0 amide bonds. The fourth-order valence-electron chi connectivity index (χ4n) is 5.61. The van der Waals surface area contributed by atoms with Gasteiger partial charge in [-0.05, 0) is 79.5 Å². The SMILES string of the molecule is Cc1ccc2c(c1)SC(CC1=C/C(=C/c3sc4cc(C)ccc4[n+]3C)CC(c3ccccc3)C1)N2C. The van der Waals surface area contributed by atoms with Gasteiger partial charge in [-0.25, -0.2) is 0 Å². The van der Waals surface area contributed by atoms with Crippen LogP contribution in [0.25, 0.3) is 16.3 Å². The Morgan fingerprint density at radius 1 is 0.972 bits per heavy atom. The standard InChI is InChI=1S/C32H33N2S2/c1-21-10-12-27-29(14-21)35-31(33(27)3)19-23-16-24(18-26(17-23)25-8-6-5-7-9-25)20-32-34(4)28-13-11-22(2)15-30(28)36-32/h5-16,19,26,32H,17-18,20H2,1-4H3/q+1/b23-19-. The number of aryl methyl sites for hydroxylation is 3. The van der Waals surface area contributed by atoms with Gasteiger partial charge in [0.15, 0.2) is 0 Å². The Kier molecular flexibility index (Phi) is 6.27. The molecule has 4 aromatic rings.